The van der Waals surface area contributed by atoms with Crippen LogP contribution in [0.1, 0.15) is 5.56 Å². The molecule has 0 bridgehead atoms. The molecule has 0 unspecified atom stereocenters. The first kappa shape index (κ1) is 10.7. The van der Waals surface area contributed by atoms with Crippen LogP contribution in [0.3, 0.4) is 0 Å². The standard InChI is InChI=1S/C9H11ClN2O2S/c1-7-2-3-8(6-9(7)10)11-15(13,14)12-4-5-12/h2-3,6,11H,4-5H2,1H3. The molecule has 15 heavy (non-hydrogen) atoms. The monoisotopic (exact) mass is 246 g/mol. The highest BCUT2D eigenvalue weighted by Crippen LogP contribution is 2.22. The molecule has 1 saturated heterocycles. The minimum absolute atomic E-state index is 0.498. The lowest BCUT2D eigenvalue weighted by Crippen LogP contribution is -2.20. The Balaban J connectivity index is 2.21. The Kier molecular flexibility index (Phi) is 2.62. The molecule has 1 aliphatic heterocycles. The zero-order valence-corrected chi connectivity index (χ0v) is 9.77. The van der Waals surface area contributed by atoms with E-state index in [1.807, 2.05) is 6.92 Å². The van der Waals surface area contributed by atoms with Crippen LogP contribution in [0.5, 0.6) is 0 Å². The van der Waals surface area contributed by atoms with Crippen LogP contribution < -0.4 is 4.72 Å². The summed E-state index contributed by atoms with van der Waals surface area (Å²) in [4.78, 5) is 0. The van der Waals surface area contributed by atoms with E-state index in [0.717, 1.165) is 5.56 Å². The zero-order chi connectivity index (χ0) is 11.1. The highest BCUT2D eigenvalue weighted by molar-refractivity contribution is 7.90. The largest absolute Gasteiger partial charge is 0.301 e. The Morgan fingerprint density at radius 3 is 2.60 bits per heavy atom. The molecule has 1 aromatic carbocycles. The van der Waals surface area contributed by atoms with Gasteiger partial charge in [0.15, 0.2) is 0 Å². The van der Waals surface area contributed by atoms with Crippen LogP contribution in [-0.4, -0.2) is 25.8 Å². The molecule has 1 aromatic rings. The number of hydrogen-bond acceptors (Lipinski definition) is 2. The van der Waals surface area contributed by atoms with Gasteiger partial charge in [0.25, 0.3) is 0 Å². The number of aryl methyl sites for hydroxylation is 1. The second kappa shape index (κ2) is 3.66. The fraction of sp³-hybridized carbons (Fsp3) is 0.333. The highest BCUT2D eigenvalue weighted by Gasteiger charge is 2.31. The third-order valence-corrected chi connectivity index (χ3v) is 4.11. The van der Waals surface area contributed by atoms with Gasteiger partial charge in [-0.3, -0.25) is 4.72 Å². The van der Waals surface area contributed by atoms with Gasteiger partial charge in [-0.15, -0.1) is 0 Å². The SMILES string of the molecule is Cc1ccc(NS(=O)(=O)N2CC2)cc1Cl. The Morgan fingerprint density at radius 2 is 2.07 bits per heavy atom. The maximum atomic E-state index is 11.5. The molecule has 6 heteroatoms. The first-order valence-electron chi connectivity index (χ1n) is 4.53. The van der Waals surface area contributed by atoms with Gasteiger partial charge < -0.3 is 0 Å². The third kappa shape index (κ3) is 2.42. The Bertz CT molecular complexity index is 483. The molecular formula is C9H11ClN2O2S. The summed E-state index contributed by atoms with van der Waals surface area (Å²) in [7, 11) is -3.35. The van der Waals surface area contributed by atoms with Gasteiger partial charge in [-0.05, 0) is 24.6 Å². The lowest BCUT2D eigenvalue weighted by molar-refractivity contribution is 0.569. The number of nitrogens with zero attached hydrogens (tertiary/aromatic N) is 1. The number of nitrogens with one attached hydrogen (secondary N) is 1. The predicted molar refractivity (Wildman–Crippen MR) is 60.3 cm³/mol. The smallest absolute Gasteiger partial charge is 0.271 e. The van der Waals surface area contributed by atoms with Crippen molar-refractivity contribution >= 4 is 27.5 Å². The lowest BCUT2D eigenvalue weighted by Gasteiger charge is -2.08. The average Bonchev–Trinajstić information content (AvgIpc) is 2.93. The van der Waals surface area contributed by atoms with E-state index in [0.29, 0.717) is 23.8 Å². The van der Waals surface area contributed by atoms with E-state index in [4.69, 9.17) is 11.6 Å². The van der Waals surface area contributed by atoms with Gasteiger partial charge in [0.1, 0.15) is 0 Å². The summed E-state index contributed by atoms with van der Waals surface area (Å²) in [6.45, 7) is 3.05. The molecule has 0 spiro atoms. The van der Waals surface area contributed by atoms with E-state index in [1.165, 1.54) is 4.31 Å². The maximum Gasteiger partial charge on any atom is 0.301 e. The van der Waals surface area contributed by atoms with E-state index in [1.54, 1.807) is 18.2 Å². The van der Waals surface area contributed by atoms with Crippen LogP contribution in [0.15, 0.2) is 18.2 Å². The molecule has 1 heterocycles. The molecular weight excluding hydrogens is 236 g/mol. The maximum absolute atomic E-state index is 11.5. The second-order valence-corrected chi connectivity index (χ2v) is 5.55. The Hall–Kier alpha value is -0.780. The summed E-state index contributed by atoms with van der Waals surface area (Å²) < 4.78 is 26.9. The molecule has 82 valence electrons. The molecule has 0 radical (unpaired) electrons. The fourth-order valence-electron chi connectivity index (χ4n) is 1.15. The van der Waals surface area contributed by atoms with Gasteiger partial charge >= 0.3 is 10.2 Å². The highest BCUT2D eigenvalue weighted by atomic mass is 35.5. The number of hydrogen-bond donors (Lipinski definition) is 1. The second-order valence-electron chi connectivity index (χ2n) is 3.47. The molecule has 2 rings (SSSR count). The van der Waals surface area contributed by atoms with Crippen molar-refractivity contribution in [1.29, 1.82) is 0 Å². The minimum Gasteiger partial charge on any atom is -0.271 e. The van der Waals surface area contributed by atoms with Crippen LogP contribution in [0.25, 0.3) is 0 Å². The molecule has 1 aliphatic rings. The van der Waals surface area contributed by atoms with Crippen molar-refractivity contribution in [2.45, 2.75) is 6.92 Å². The molecule has 4 nitrogen and oxygen atoms in total. The average molecular weight is 247 g/mol. The van der Waals surface area contributed by atoms with Gasteiger partial charge in [0, 0.05) is 18.1 Å². The van der Waals surface area contributed by atoms with Crippen molar-refractivity contribution in [3.05, 3.63) is 28.8 Å². The van der Waals surface area contributed by atoms with Crippen molar-refractivity contribution < 1.29 is 8.42 Å². The van der Waals surface area contributed by atoms with Crippen LogP contribution >= 0.6 is 11.6 Å². The van der Waals surface area contributed by atoms with Crippen molar-refractivity contribution in [1.82, 2.24) is 4.31 Å². The Labute approximate surface area is 94.0 Å². The van der Waals surface area contributed by atoms with Crippen LogP contribution in [0.2, 0.25) is 5.02 Å². The minimum atomic E-state index is -3.35. The summed E-state index contributed by atoms with van der Waals surface area (Å²) >= 11 is 5.89. The van der Waals surface area contributed by atoms with Gasteiger partial charge in [0.05, 0.1) is 5.69 Å². The summed E-state index contributed by atoms with van der Waals surface area (Å²) in [6, 6.07) is 5.09. The van der Waals surface area contributed by atoms with E-state index >= 15 is 0 Å². The predicted octanol–water partition coefficient (Wildman–Crippen LogP) is 1.62. The van der Waals surface area contributed by atoms with Gasteiger partial charge in [-0.2, -0.15) is 12.7 Å². The first-order valence-corrected chi connectivity index (χ1v) is 6.35. The van der Waals surface area contributed by atoms with E-state index in [-0.39, 0.29) is 0 Å². The lowest BCUT2D eigenvalue weighted by atomic mass is 10.2. The molecule has 0 atom stereocenters. The van der Waals surface area contributed by atoms with Gasteiger partial charge in [-0.25, -0.2) is 0 Å². The quantitative estimate of drug-likeness (QED) is 0.824. The van der Waals surface area contributed by atoms with Gasteiger partial charge in [-0.1, -0.05) is 17.7 Å². The fourth-order valence-corrected chi connectivity index (χ4v) is 2.45. The number of halogens is 1. The molecule has 0 saturated carbocycles. The molecule has 0 amide bonds. The van der Waals surface area contributed by atoms with E-state index < -0.39 is 10.2 Å². The summed E-state index contributed by atoms with van der Waals surface area (Å²) in [5.74, 6) is 0. The Morgan fingerprint density at radius 1 is 1.40 bits per heavy atom. The van der Waals surface area contributed by atoms with Gasteiger partial charge in [0.2, 0.25) is 0 Å². The van der Waals surface area contributed by atoms with E-state index in [9.17, 15) is 8.42 Å². The molecule has 1 fully saturated rings. The number of benzene rings is 1. The summed E-state index contributed by atoms with van der Waals surface area (Å²) in [6.07, 6.45) is 0. The van der Waals surface area contributed by atoms with Crippen molar-refractivity contribution in [2.75, 3.05) is 17.8 Å². The molecule has 0 aliphatic carbocycles. The third-order valence-electron chi connectivity index (χ3n) is 2.16. The normalized spacial score (nSPS) is 16.4. The first-order chi connectivity index (χ1) is 6.99. The van der Waals surface area contributed by atoms with E-state index in [2.05, 4.69) is 4.72 Å². The van der Waals surface area contributed by atoms with Crippen LogP contribution in [0, 0.1) is 6.92 Å². The van der Waals surface area contributed by atoms with Crippen molar-refractivity contribution in [3.8, 4) is 0 Å². The van der Waals surface area contributed by atoms with Crippen molar-refractivity contribution in [2.24, 2.45) is 0 Å². The number of anilines is 1. The summed E-state index contributed by atoms with van der Waals surface area (Å²) in [5.41, 5.74) is 1.42. The topological polar surface area (TPSA) is 49.2 Å². The van der Waals surface area contributed by atoms with Crippen molar-refractivity contribution in [3.63, 3.8) is 0 Å². The summed E-state index contributed by atoms with van der Waals surface area (Å²) in [5, 5.41) is 0.556. The molecule has 0 aromatic heterocycles. The molecule has 1 N–H and O–H groups in total. The number of rotatable bonds is 3. The zero-order valence-electron chi connectivity index (χ0n) is 8.20. The van der Waals surface area contributed by atoms with Crippen LogP contribution in [0.4, 0.5) is 5.69 Å². The van der Waals surface area contributed by atoms with Crippen LogP contribution in [-0.2, 0) is 10.2 Å².